The quantitative estimate of drug-likeness (QED) is 0.877. The number of carboxylic acid groups (broad SMARTS) is 1. The minimum atomic E-state index is -0.757. The van der Waals surface area contributed by atoms with Crippen molar-refractivity contribution in [2.45, 2.75) is 32.2 Å². The van der Waals surface area contributed by atoms with Gasteiger partial charge in [-0.05, 0) is 38.9 Å². The van der Waals surface area contributed by atoms with E-state index in [2.05, 4.69) is 26.9 Å². The van der Waals surface area contributed by atoms with Crippen LogP contribution in [0.2, 0.25) is 0 Å². The van der Waals surface area contributed by atoms with Gasteiger partial charge in [-0.25, -0.2) is 0 Å². The van der Waals surface area contributed by atoms with E-state index in [9.17, 15) is 4.79 Å². The van der Waals surface area contributed by atoms with E-state index < -0.39 is 5.97 Å². The van der Waals surface area contributed by atoms with Crippen molar-refractivity contribution in [1.82, 2.24) is 4.90 Å². The Morgan fingerprint density at radius 1 is 1.39 bits per heavy atom. The van der Waals surface area contributed by atoms with Gasteiger partial charge in [0.15, 0.2) is 0 Å². The molecule has 0 saturated heterocycles. The molecule has 0 bridgehead atoms. The van der Waals surface area contributed by atoms with Crippen LogP contribution in [-0.4, -0.2) is 35.1 Å². The summed E-state index contributed by atoms with van der Waals surface area (Å²) in [5.41, 5.74) is 0.920. The van der Waals surface area contributed by atoms with E-state index in [1.807, 2.05) is 39.1 Å². The lowest BCUT2D eigenvalue weighted by Crippen LogP contribution is -2.43. The second kappa shape index (κ2) is 6.34. The first-order valence-electron chi connectivity index (χ1n) is 5.99. The molecule has 0 unspecified atom stereocenters. The third kappa shape index (κ3) is 4.42. The normalized spacial score (nSPS) is 11.8. The van der Waals surface area contributed by atoms with Crippen LogP contribution in [0.5, 0.6) is 0 Å². The average Bonchev–Trinajstić information content (AvgIpc) is 2.25. The Labute approximate surface area is 117 Å². The summed E-state index contributed by atoms with van der Waals surface area (Å²) in [5, 5.41) is 8.89. The number of rotatable bonds is 6. The van der Waals surface area contributed by atoms with Gasteiger partial charge in [0.05, 0.1) is 6.42 Å². The number of carboxylic acids is 1. The van der Waals surface area contributed by atoms with Crippen molar-refractivity contribution >= 4 is 21.9 Å². The van der Waals surface area contributed by atoms with Crippen LogP contribution in [0.3, 0.4) is 0 Å². The number of hydrogen-bond acceptors (Lipinski definition) is 2. The highest BCUT2D eigenvalue weighted by Crippen LogP contribution is 2.20. The molecule has 1 aromatic rings. The molecule has 1 N–H and O–H groups in total. The summed E-state index contributed by atoms with van der Waals surface area (Å²) in [6, 6.07) is 8.12. The van der Waals surface area contributed by atoms with Crippen molar-refractivity contribution in [3.05, 3.63) is 34.3 Å². The smallest absolute Gasteiger partial charge is 0.305 e. The lowest BCUT2D eigenvalue weighted by Gasteiger charge is -2.34. The largest absolute Gasteiger partial charge is 0.481 e. The van der Waals surface area contributed by atoms with Crippen molar-refractivity contribution < 1.29 is 9.90 Å². The Morgan fingerprint density at radius 3 is 2.56 bits per heavy atom. The summed E-state index contributed by atoms with van der Waals surface area (Å²) in [6.45, 7) is 4.76. The molecule has 0 amide bonds. The maximum Gasteiger partial charge on any atom is 0.305 e. The summed E-state index contributed by atoms with van der Waals surface area (Å²) in [4.78, 5) is 12.9. The third-order valence-electron chi connectivity index (χ3n) is 3.29. The fourth-order valence-electron chi connectivity index (χ4n) is 1.80. The molecule has 0 heterocycles. The van der Waals surface area contributed by atoms with Gasteiger partial charge >= 0.3 is 5.97 Å². The minimum absolute atomic E-state index is 0.152. The molecular weight excluding hydrogens is 294 g/mol. The second-order valence-corrected chi connectivity index (χ2v) is 6.00. The lowest BCUT2D eigenvalue weighted by molar-refractivity contribution is -0.139. The van der Waals surface area contributed by atoms with E-state index in [4.69, 9.17) is 5.11 Å². The summed E-state index contributed by atoms with van der Waals surface area (Å²) >= 11 is 3.52. The number of halogens is 1. The maximum atomic E-state index is 10.8. The molecule has 0 aliphatic carbocycles. The van der Waals surface area contributed by atoms with E-state index in [0.717, 1.165) is 17.4 Å². The van der Waals surface area contributed by atoms with Gasteiger partial charge in [-0.3, -0.25) is 4.79 Å². The summed E-state index contributed by atoms with van der Waals surface area (Å²) < 4.78 is 1.11. The van der Waals surface area contributed by atoms with Gasteiger partial charge in [-0.1, -0.05) is 34.1 Å². The van der Waals surface area contributed by atoms with E-state index in [1.165, 1.54) is 5.56 Å². The van der Waals surface area contributed by atoms with Crippen LogP contribution in [0.25, 0.3) is 0 Å². The van der Waals surface area contributed by atoms with Gasteiger partial charge in [0.1, 0.15) is 0 Å². The summed E-state index contributed by atoms with van der Waals surface area (Å²) in [6.07, 6.45) is 1.06. The lowest BCUT2D eigenvalue weighted by atomic mass is 9.98. The van der Waals surface area contributed by atoms with Crippen molar-refractivity contribution in [1.29, 1.82) is 0 Å². The molecule has 18 heavy (non-hydrogen) atoms. The first kappa shape index (κ1) is 15.2. The van der Waals surface area contributed by atoms with Crippen molar-refractivity contribution in [2.75, 3.05) is 13.6 Å². The zero-order valence-electron chi connectivity index (χ0n) is 11.1. The standard InChI is InChI=1S/C14H20BrNO2/c1-14(2,10-13(17)18)16(3)9-8-11-6-4-5-7-12(11)15/h4-7H,8-10H2,1-3H3,(H,17,18). The van der Waals surface area contributed by atoms with E-state index >= 15 is 0 Å². The van der Waals surface area contributed by atoms with Crippen LogP contribution in [0.15, 0.2) is 28.7 Å². The van der Waals surface area contributed by atoms with Crippen LogP contribution in [0.4, 0.5) is 0 Å². The molecule has 0 saturated carbocycles. The zero-order chi connectivity index (χ0) is 13.8. The molecule has 0 radical (unpaired) electrons. The third-order valence-corrected chi connectivity index (χ3v) is 4.07. The molecule has 1 aromatic carbocycles. The van der Waals surface area contributed by atoms with Gasteiger partial charge < -0.3 is 10.0 Å². The predicted molar refractivity (Wildman–Crippen MR) is 76.8 cm³/mol. The van der Waals surface area contributed by atoms with E-state index in [-0.39, 0.29) is 12.0 Å². The van der Waals surface area contributed by atoms with Crippen molar-refractivity contribution in [2.24, 2.45) is 0 Å². The fraction of sp³-hybridized carbons (Fsp3) is 0.500. The van der Waals surface area contributed by atoms with Gasteiger partial charge in [0, 0.05) is 16.6 Å². The number of carbonyl (C=O) groups is 1. The highest BCUT2D eigenvalue weighted by molar-refractivity contribution is 9.10. The van der Waals surface area contributed by atoms with E-state index in [0.29, 0.717) is 0 Å². The van der Waals surface area contributed by atoms with Crippen LogP contribution in [-0.2, 0) is 11.2 Å². The minimum Gasteiger partial charge on any atom is -0.481 e. The topological polar surface area (TPSA) is 40.5 Å². The summed E-state index contributed by atoms with van der Waals surface area (Å²) in [7, 11) is 1.97. The zero-order valence-corrected chi connectivity index (χ0v) is 12.7. The molecule has 0 fully saturated rings. The number of likely N-dealkylation sites (N-methyl/N-ethyl adjacent to an activating group) is 1. The molecule has 0 aliphatic rings. The molecule has 0 atom stereocenters. The van der Waals surface area contributed by atoms with Crippen LogP contribution in [0, 0.1) is 0 Å². The van der Waals surface area contributed by atoms with Crippen LogP contribution < -0.4 is 0 Å². The Morgan fingerprint density at radius 2 is 2.00 bits per heavy atom. The first-order valence-corrected chi connectivity index (χ1v) is 6.78. The van der Waals surface area contributed by atoms with Gasteiger partial charge in [0.2, 0.25) is 0 Å². The molecule has 0 spiro atoms. The van der Waals surface area contributed by atoms with Gasteiger partial charge in [0.25, 0.3) is 0 Å². The van der Waals surface area contributed by atoms with Crippen molar-refractivity contribution in [3.8, 4) is 0 Å². The van der Waals surface area contributed by atoms with E-state index in [1.54, 1.807) is 0 Å². The number of hydrogen-bond donors (Lipinski definition) is 1. The Bertz CT molecular complexity index is 418. The molecule has 4 heteroatoms. The molecule has 3 nitrogen and oxygen atoms in total. The Kier molecular flexibility index (Phi) is 5.35. The highest BCUT2D eigenvalue weighted by Gasteiger charge is 2.26. The number of benzene rings is 1. The van der Waals surface area contributed by atoms with Crippen LogP contribution >= 0.6 is 15.9 Å². The fourth-order valence-corrected chi connectivity index (χ4v) is 2.28. The highest BCUT2D eigenvalue weighted by atomic mass is 79.9. The Balaban J connectivity index is 2.58. The molecule has 1 rings (SSSR count). The monoisotopic (exact) mass is 313 g/mol. The molecule has 0 aromatic heterocycles. The molecular formula is C14H20BrNO2. The number of nitrogens with zero attached hydrogens (tertiary/aromatic N) is 1. The van der Waals surface area contributed by atoms with Crippen LogP contribution in [0.1, 0.15) is 25.8 Å². The molecule has 100 valence electrons. The first-order chi connectivity index (χ1) is 8.33. The van der Waals surface area contributed by atoms with Gasteiger partial charge in [-0.15, -0.1) is 0 Å². The maximum absolute atomic E-state index is 10.8. The van der Waals surface area contributed by atoms with Crippen molar-refractivity contribution in [3.63, 3.8) is 0 Å². The summed E-state index contributed by atoms with van der Waals surface area (Å²) in [5.74, 6) is -0.757. The second-order valence-electron chi connectivity index (χ2n) is 5.15. The predicted octanol–water partition coefficient (Wildman–Crippen LogP) is 3.18. The van der Waals surface area contributed by atoms with Gasteiger partial charge in [-0.2, -0.15) is 0 Å². The average molecular weight is 314 g/mol. The molecule has 0 aliphatic heterocycles. The number of aliphatic carboxylic acids is 1. The Hall–Kier alpha value is -0.870. The SMILES string of the molecule is CN(CCc1ccccc1Br)C(C)(C)CC(=O)O.